The van der Waals surface area contributed by atoms with Crippen LogP contribution >= 0.6 is 0 Å². The highest BCUT2D eigenvalue weighted by Crippen LogP contribution is 2.12. The second-order valence-electron chi connectivity index (χ2n) is 3.72. The molecule has 0 bridgehead atoms. The van der Waals surface area contributed by atoms with Crippen LogP contribution in [0.15, 0.2) is 30.3 Å². The van der Waals surface area contributed by atoms with Crippen LogP contribution in [0.1, 0.15) is 24.8 Å². The molecule has 0 aromatic heterocycles. The van der Waals surface area contributed by atoms with E-state index in [1.54, 1.807) is 0 Å². The molecule has 0 aliphatic carbocycles. The van der Waals surface area contributed by atoms with Crippen LogP contribution in [-0.2, 0) is 16.1 Å². The molecule has 1 aromatic carbocycles. The van der Waals surface area contributed by atoms with E-state index in [4.69, 9.17) is 9.57 Å². The summed E-state index contributed by atoms with van der Waals surface area (Å²) in [7, 11) is 0. The molecular formula is C12H17NO2. The third-order valence-corrected chi connectivity index (χ3v) is 2.47. The monoisotopic (exact) mass is 207 g/mol. The van der Waals surface area contributed by atoms with Crippen LogP contribution in [0.3, 0.4) is 0 Å². The van der Waals surface area contributed by atoms with E-state index in [9.17, 15) is 0 Å². The zero-order valence-corrected chi connectivity index (χ0v) is 8.82. The summed E-state index contributed by atoms with van der Waals surface area (Å²) >= 11 is 0. The van der Waals surface area contributed by atoms with E-state index in [1.165, 1.54) is 12.0 Å². The smallest absolute Gasteiger partial charge is 0.177 e. The van der Waals surface area contributed by atoms with E-state index in [2.05, 4.69) is 17.6 Å². The van der Waals surface area contributed by atoms with Crippen LogP contribution in [0.2, 0.25) is 0 Å². The first-order valence-electron chi connectivity index (χ1n) is 5.49. The lowest BCUT2D eigenvalue weighted by Crippen LogP contribution is -2.29. The van der Waals surface area contributed by atoms with Crippen molar-refractivity contribution in [2.45, 2.75) is 32.1 Å². The van der Waals surface area contributed by atoms with Crippen LogP contribution in [0.5, 0.6) is 0 Å². The molecule has 1 fully saturated rings. The Bertz CT molecular complexity index is 270. The third kappa shape index (κ3) is 3.63. The fraction of sp³-hybridized carbons (Fsp3) is 0.500. The molecule has 15 heavy (non-hydrogen) atoms. The lowest BCUT2D eigenvalue weighted by Gasteiger charge is -2.22. The standard InChI is InChI=1S/C12H17NO2/c1-2-6-11(7-3-1)10-13-15-12-8-4-5-9-14-12/h1-3,6-7,12-13H,4-5,8-10H2. The summed E-state index contributed by atoms with van der Waals surface area (Å²) < 4.78 is 5.43. The summed E-state index contributed by atoms with van der Waals surface area (Å²) in [5, 5.41) is 0. The van der Waals surface area contributed by atoms with Gasteiger partial charge in [0.05, 0.1) is 0 Å². The number of hydrogen-bond donors (Lipinski definition) is 1. The maximum absolute atomic E-state index is 5.43. The number of rotatable bonds is 4. The van der Waals surface area contributed by atoms with E-state index < -0.39 is 0 Å². The second kappa shape index (κ2) is 5.85. The highest BCUT2D eigenvalue weighted by atomic mass is 16.8. The van der Waals surface area contributed by atoms with Gasteiger partial charge >= 0.3 is 0 Å². The van der Waals surface area contributed by atoms with E-state index >= 15 is 0 Å². The second-order valence-corrected chi connectivity index (χ2v) is 3.72. The Kier molecular flexibility index (Phi) is 4.14. The lowest BCUT2D eigenvalue weighted by molar-refractivity contribution is -0.198. The van der Waals surface area contributed by atoms with Gasteiger partial charge in [0, 0.05) is 19.6 Å². The van der Waals surface area contributed by atoms with Gasteiger partial charge in [-0.25, -0.2) is 0 Å². The van der Waals surface area contributed by atoms with Gasteiger partial charge in [0.1, 0.15) is 0 Å². The van der Waals surface area contributed by atoms with Gasteiger partial charge < -0.3 is 4.74 Å². The van der Waals surface area contributed by atoms with Crippen molar-refractivity contribution in [3.8, 4) is 0 Å². The first-order chi connectivity index (χ1) is 7.45. The van der Waals surface area contributed by atoms with E-state index in [1.807, 2.05) is 18.2 Å². The van der Waals surface area contributed by atoms with Gasteiger partial charge in [-0.05, 0) is 18.4 Å². The Labute approximate surface area is 90.3 Å². The van der Waals surface area contributed by atoms with Crippen molar-refractivity contribution in [2.75, 3.05) is 6.61 Å². The molecular weight excluding hydrogens is 190 g/mol. The van der Waals surface area contributed by atoms with Gasteiger partial charge in [-0.15, -0.1) is 0 Å². The summed E-state index contributed by atoms with van der Waals surface area (Å²) in [5.41, 5.74) is 4.16. The van der Waals surface area contributed by atoms with E-state index in [0.717, 1.165) is 26.0 Å². The summed E-state index contributed by atoms with van der Waals surface area (Å²) in [6.45, 7) is 1.54. The lowest BCUT2D eigenvalue weighted by atomic mass is 10.2. The summed E-state index contributed by atoms with van der Waals surface area (Å²) in [5.74, 6) is 0. The van der Waals surface area contributed by atoms with Crippen LogP contribution in [-0.4, -0.2) is 12.9 Å². The van der Waals surface area contributed by atoms with Crippen LogP contribution < -0.4 is 5.48 Å². The van der Waals surface area contributed by atoms with Crippen molar-refractivity contribution in [2.24, 2.45) is 0 Å². The molecule has 3 heteroatoms. The van der Waals surface area contributed by atoms with Crippen LogP contribution in [0, 0.1) is 0 Å². The Morgan fingerprint density at radius 3 is 2.87 bits per heavy atom. The number of benzene rings is 1. The Hall–Kier alpha value is -0.900. The average molecular weight is 207 g/mol. The van der Waals surface area contributed by atoms with Gasteiger partial charge in [-0.1, -0.05) is 30.3 Å². The Morgan fingerprint density at radius 1 is 1.27 bits per heavy atom. The molecule has 1 aliphatic heterocycles. The maximum Gasteiger partial charge on any atom is 0.177 e. The van der Waals surface area contributed by atoms with Crippen molar-refractivity contribution in [3.05, 3.63) is 35.9 Å². The molecule has 1 atom stereocenters. The molecule has 1 aromatic rings. The summed E-state index contributed by atoms with van der Waals surface area (Å²) in [6, 6.07) is 10.2. The molecule has 0 saturated carbocycles. The quantitative estimate of drug-likeness (QED) is 0.768. The minimum atomic E-state index is -0.0672. The summed E-state index contributed by atoms with van der Waals surface area (Å²) in [4.78, 5) is 5.41. The largest absolute Gasteiger partial charge is 0.351 e. The van der Waals surface area contributed by atoms with Crippen molar-refractivity contribution < 1.29 is 9.57 Å². The zero-order valence-electron chi connectivity index (χ0n) is 8.82. The Morgan fingerprint density at radius 2 is 2.13 bits per heavy atom. The fourth-order valence-electron chi connectivity index (χ4n) is 1.62. The van der Waals surface area contributed by atoms with E-state index in [-0.39, 0.29) is 6.29 Å². The SMILES string of the molecule is c1ccc(CNOC2CCCCO2)cc1. The molecule has 1 N–H and O–H groups in total. The first-order valence-corrected chi connectivity index (χ1v) is 5.49. The van der Waals surface area contributed by atoms with Crippen LogP contribution in [0.25, 0.3) is 0 Å². The van der Waals surface area contributed by atoms with Crippen molar-refractivity contribution >= 4 is 0 Å². The molecule has 1 aliphatic rings. The molecule has 1 unspecified atom stereocenters. The van der Waals surface area contributed by atoms with Crippen molar-refractivity contribution in [3.63, 3.8) is 0 Å². The molecule has 1 saturated heterocycles. The molecule has 0 spiro atoms. The van der Waals surface area contributed by atoms with Crippen molar-refractivity contribution in [1.82, 2.24) is 5.48 Å². The molecule has 0 radical (unpaired) electrons. The molecule has 2 rings (SSSR count). The number of nitrogens with one attached hydrogen (secondary N) is 1. The van der Waals surface area contributed by atoms with Gasteiger partial charge in [-0.3, -0.25) is 4.84 Å². The minimum absolute atomic E-state index is 0.0672. The van der Waals surface area contributed by atoms with Gasteiger partial charge in [0.25, 0.3) is 0 Å². The fourth-order valence-corrected chi connectivity index (χ4v) is 1.62. The molecule has 3 nitrogen and oxygen atoms in total. The topological polar surface area (TPSA) is 30.5 Å². The molecule has 82 valence electrons. The van der Waals surface area contributed by atoms with E-state index in [0.29, 0.717) is 0 Å². The minimum Gasteiger partial charge on any atom is -0.351 e. The van der Waals surface area contributed by atoms with Gasteiger partial charge in [0.15, 0.2) is 6.29 Å². The predicted octanol–water partition coefficient (Wildman–Crippen LogP) is 2.23. The average Bonchev–Trinajstić information content (AvgIpc) is 2.32. The highest BCUT2D eigenvalue weighted by molar-refractivity contribution is 5.13. The molecule has 0 amide bonds. The Balaban J connectivity index is 1.66. The first kappa shape index (κ1) is 10.6. The maximum atomic E-state index is 5.43. The highest BCUT2D eigenvalue weighted by Gasteiger charge is 2.13. The number of hydroxylamine groups is 1. The number of ether oxygens (including phenoxy) is 1. The number of hydrogen-bond acceptors (Lipinski definition) is 3. The predicted molar refractivity (Wildman–Crippen MR) is 58.0 cm³/mol. The zero-order chi connectivity index (χ0) is 10.3. The normalized spacial score (nSPS) is 21.5. The third-order valence-electron chi connectivity index (χ3n) is 2.47. The van der Waals surface area contributed by atoms with Crippen molar-refractivity contribution in [1.29, 1.82) is 0 Å². The molecule has 1 heterocycles. The van der Waals surface area contributed by atoms with Crippen LogP contribution in [0.4, 0.5) is 0 Å². The van der Waals surface area contributed by atoms with Gasteiger partial charge in [-0.2, -0.15) is 5.48 Å². The van der Waals surface area contributed by atoms with Gasteiger partial charge in [0.2, 0.25) is 0 Å². The summed E-state index contributed by atoms with van der Waals surface area (Å²) in [6.07, 6.45) is 3.26.